The normalized spacial score (nSPS) is 13.1. The standard InChI is InChI=1S/C46H53N3O4/c1-4-5-6-7-8-9-14-23-37(2)24-15-10-22-31-44(53-45(50)38-25-16-11-17-26-38)43(48-49-47)36-52-46(39-27-18-12-19-28-39,40-29-20-13-21-30-40)41-32-34-42(51-3)35-33-41/h11-14,16-35,43-44H,4-10,15,36H2,1-3H3/b23-14+,31-22+,37-24+/t43-,44+/m0/s1. The summed E-state index contributed by atoms with van der Waals surface area (Å²) in [4.78, 5) is 16.6. The van der Waals surface area contributed by atoms with Crippen molar-refractivity contribution in [1.82, 2.24) is 0 Å². The third kappa shape index (κ3) is 12.4. The van der Waals surface area contributed by atoms with Gasteiger partial charge >= 0.3 is 5.97 Å². The number of methoxy groups -OCH3 is 1. The highest BCUT2D eigenvalue weighted by atomic mass is 16.5. The van der Waals surface area contributed by atoms with Crippen molar-refractivity contribution in [1.29, 1.82) is 0 Å². The molecular weight excluding hydrogens is 659 g/mol. The van der Waals surface area contributed by atoms with Gasteiger partial charge in [0, 0.05) is 4.91 Å². The first-order chi connectivity index (χ1) is 26.0. The number of hydrogen-bond acceptors (Lipinski definition) is 5. The van der Waals surface area contributed by atoms with E-state index in [1.54, 1.807) is 31.4 Å². The lowest BCUT2D eigenvalue weighted by Gasteiger charge is -2.37. The first-order valence-corrected chi connectivity index (χ1v) is 18.7. The van der Waals surface area contributed by atoms with Crippen LogP contribution in [0.2, 0.25) is 0 Å². The van der Waals surface area contributed by atoms with E-state index in [-0.39, 0.29) is 6.61 Å². The van der Waals surface area contributed by atoms with Crippen LogP contribution in [-0.4, -0.2) is 31.8 Å². The molecule has 2 atom stereocenters. The van der Waals surface area contributed by atoms with Gasteiger partial charge in [0.25, 0.3) is 0 Å². The number of esters is 1. The monoisotopic (exact) mass is 711 g/mol. The highest BCUT2D eigenvalue weighted by Crippen LogP contribution is 2.41. The molecule has 0 radical (unpaired) electrons. The van der Waals surface area contributed by atoms with E-state index >= 15 is 0 Å². The molecule has 4 aromatic carbocycles. The molecule has 276 valence electrons. The number of azide groups is 1. The van der Waals surface area contributed by atoms with E-state index in [1.807, 2.05) is 103 Å². The second-order valence-electron chi connectivity index (χ2n) is 13.0. The van der Waals surface area contributed by atoms with Crippen molar-refractivity contribution in [3.63, 3.8) is 0 Å². The van der Waals surface area contributed by atoms with Crippen molar-refractivity contribution in [2.24, 2.45) is 5.11 Å². The third-order valence-electron chi connectivity index (χ3n) is 9.14. The molecule has 7 heteroatoms. The van der Waals surface area contributed by atoms with Crippen molar-refractivity contribution < 1.29 is 19.0 Å². The van der Waals surface area contributed by atoms with Crippen LogP contribution in [0.5, 0.6) is 5.75 Å². The Morgan fingerprint density at radius 1 is 0.774 bits per heavy atom. The highest BCUT2D eigenvalue weighted by Gasteiger charge is 2.39. The van der Waals surface area contributed by atoms with Gasteiger partial charge in [-0.3, -0.25) is 0 Å². The van der Waals surface area contributed by atoms with Crippen LogP contribution in [0.3, 0.4) is 0 Å². The molecule has 0 amide bonds. The molecule has 0 heterocycles. The molecule has 0 aliphatic carbocycles. The van der Waals surface area contributed by atoms with Gasteiger partial charge in [-0.05, 0) is 85.2 Å². The number of carbonyl (C=O) groups is 1. The molecule has 0 N–H and O–H groups in total. The minimum atomic E-state index is -1.10. The fraction of sp³-hybridized carbons (Fsp3) is 0.326. The number of benzene rings is 4. The van der Waals surface area contributed by atoms with Gasteiger partial charge in [0.05, 0.1) is 19.3 Å². The Balaban J connectivity index is 1.61. The average Bonchev–Trinajstić information content (AvgIpc) is 3.21. The summed E-state index contributed by atoms with van der Waals surface area (Å²) < 4.78 is 18.6. The maximum absolute atomic E-state index is 13.4. The SMILES string of the molecule is CCCCCCC/C=C/C(C)=C/CC/C=C/[C@@H](OC(=O)c1ccccc1)[C@H](COC(c1ccccc1)(c1ccccc1)c1ccc(OC)cc1)N=[N+]=[N-]. The molecule has 0 fully saturated rings. The fourth-order valence-corrected chi connectivity index (χ4v) is 6.24. The molecule has 0 saturated heterocycles. The summed E-state index contributed by atoms with van der Waals surface area (Å²) in [5, 5.41) is 4.16. The Labute approximate surface area is 315 Å². The second kappa shape index (κ2) is 22.5. The smallest absolute Gasteiger partial charge is 0.338 e. The Morgan fingerprint density at radius 3 is 1.98 bits per heavy atom. The lowest BCUT2D eigenvalue weighted by atomic mass is 9.80. The summed E-state index contributed by atoms with van der Waals surface area (Å²) in [7, 11) is 1.63. The van der Waals surface area contributed by atoms with Crippen molar-refractivity contribution in [2.45, 2.75) is 83.0 Å². The van der Waals surface area contributed by atoms with E-state index in [4.69, 9.17) is 14.2 Å². The van der Waals surface area contributed by atoms with Gasteiger partial charge in [-0.2, -0.15) is 0 Å². The van der Waals surface area contributed by atoms with Crippen LogP contribution in [0, 0.1) is 0 Å². The maximum atomic E-state index is 13.4. The van der Waals surface area contributed by atoms with Crippen molar-refractivity contribution in [2.75, 3.05) is 13.7 Å². The summed E-state index contributed by atoms with van der Waals surface area (Å²) in [5.74, 6) is 0.203. The van der Waals surface area contributed by atoms with Crippen LogP contribution in [0.4, 0.5) is 0 Å². The number of carbonyl (C=O) groups excluding carboxylic acids is 1. The highest BCUT2D eigenvalue weighted by molar-refractivity contribution is 5.89. The molecule has 7 nitrogen and oxygen atoms in total. The van der Waals surface area contributed by atoms with Gasteiger partial charge in [0.1, 0.15) is 23.5 Å². The Morgan fingerprint density at radius 2 is 1.38 bits per heavy atom. The Kier molecular flexibility index (Phi) is 17.2. The number of hydrogen-bond donors (Lipinski definition) is 0. The van der Waals surface area contributed by atoms with E-state index in [0.29, 0.717) is 11.3 Å². The number of unbranched alkanes of at least 4 members (excludes halogenated alkanes) is 6. The third-order valence-corrected chi connectivity index (χ3v) is 9.14. The quantitative estimate of drug-likeness (QED) is 0.0118. The van der Waals surface area contributed by atoms with Crippen molar-refractivity contribution in [3.8, 4) is 5.75 Å². The largest absolute Gasteiger partial charge is 0.497 e. The lowest BCUT2D eigenvalue weighted by Crippen LogP contribution is -2.39. The zero-order chi connectivity index (χ0) is 37.6. The van der Waals surface area contributed by atoms with E-state index < -0.39 is 23.7 Å². The topological polar surface area (TPSA) is 93.5 Å². The van der Waals surface area contributed by atoms with Crippen LogP contribution in [0.15, 0.2) is 156 Å². The lowest BCUT2D eigenvalue weighted by molar-refractivity contribution is -0.0172. The predicted molar refractivity (Wildman–Crippen MR) is 215 cm³/mol. The summed E-state index contributed by atoms with van der Waals surface area (Å²) in [6.45, 7) is 4.30. The number of rotatable bonds is 22. The van der Waals surface area contributed by atoms with Crippen molar-refractivity contribution in [3.05, 3.63) is 184 Å². The molecule has 4 aromatic rings. The maximum Gasteiger partial charge on any atom is 0.338 e. The summed E-state index contributed by atoms with van der Waals surface area (Å²) in [5.41, 5.74) is 13.0. The van der Waals surface area contributed by atoms with Crippen LogP contribution < -0.4 is 4.74 Å². The molecule has 0 aliphatic heterocycles. The average molecular weight is 712 g/mol. The summed E-state index contributed by atoms with van der Waals surface area (Å²) >= 11 is 0. The Bertz CT molecular complexity index is 1740. The van der Waals surface area contributed by atoms with Crippen molar-refractivity contribution >= 4 is 5.97 Å². The molecule has 4 rings (SSSR count). The van der Waals surface area contributed by atoms with E-state index in [1.165, 1.54) is 37.7 Å². The molecular formula is C46H53N3O4. The summed E-state index contributed by atoms with van der Waals surface area (Å²) in [6.07, 6.45) is 18.6. The molecule has 0 bridgehead atoms. The minimum absolute atomic E-state index is 0.0563. The molecule has 0 aliphatic rings. The van der Waals surface area contributed by atoms with Crippen LogP contribution in [-0.2, 0) is 15.1 Å². The second-order valence-corrected chi connectivity index (χ2v) is 13.0. The zero-order valence-electron chi connectivity index (χ0n) is 31.3. The number of allylic oxidation sites excluding steroid dienone is 5. The first-order valence-electron chi connectivity index (χ1n) is 18.7. The fourth-order valence-electron chi connectivity index (χ4n) is 6.24. The molecule has 0 unspecified atom stereocenters. The first kappa shape index (κ1) is 40.4. The molecule has 0 aromatic heterocycles. The van der Waals surface area contributed by atoms with Crippen LogP contribution >= 0.6 is 0 Å². The molecule has 0 saturated carbocycles. The Hall–Kier alpha value is -5.36. The van der Waals surface area contributed by atoms with Gasteiger partial charge in [-0.1, -0.05) is 159 Å². The van der Waals surface area contributed by atoms with Gasteiger partial charge in [-0.25, -0.2) is 4.79 Å². The number of ether oxygens (including phenoxy) is 3. The molecule has 0 spiro atoms. The van der Waals surface area contributed by atoms with Gasteiger partial charge in [-0.15, -0.1) is 0 Å². The molecule has 53 heavy (non-hydrogen) atoms. The van der Waals surface area contributed by atoms with E-state index in [0.717, 1.165) is 36.0 Å². The van der Waals surface area contributed by atoms with Crippen LogP contribution in [0.1, 0.15) is 92.3 Å². The van der Waals surface area contributed by atoms with Gasteiger partial charge in [0.15, 0.2) is 0 Å². The minimum Gasteiger partial charge on any atom is -0.497 e. The van der Waals surface area contributed by atoms with E-state index in [9.17, 15) is 10.3 Å². The number of nitrogens with zero attached hydrogens (tertiary/aromatic N) is 3. The van der Waals surface area contributed by atoms with Crippen LogP contribution in [0.25, 0.3) is 10.4 Å². The van der Waals surface area contributed by atoms with E-state index in [2.05, 4.69) is 42.1 Å². The van der Waals surface area contributed by atoms with Gasteiger partial charge < -0.3 is 14.2 Å². The predicted octanol–water partition coefficient (Wildman–Crippen LogP) is 12.1. The zero-order valence-corrected chi connectivity index (χ0v) is 31.3. The summed E-state index contributed by atoms with van der Waals surface area (Å²) in [6, 6.07) is 35.6. The van der Waals surface area contributed by atoms with Gasteiger partial charge in [0.2, 0.25) is 0 Å².